The highest BCUT2D eigenvalue weighted by atomic mass is 32.2. The molecule has 6 heteroatoms. The third-order valence-corrected chi connectivity index (χ3v) is 7.52. The molecule has 2 unspecified atom stereocenters. The summed E-state index contributed by atoms with van der Waals surface area (Å²) in [5, 5.41) is 3.69. The fourth-order valence-corrected chi connectivity index (χ4v) is 5.75. The van der Waals surface area contributed by atoms with E-state index in [9.17, 15) is 8.42 Å². The Labute approximate surface area is 162 Å². The molecule has 0 aliphatic carbocycles. The molecule has 2 aromatic rings. The highest BCUT2D eigenvalue weighted by Crippen LogP contribution is 2.32. The molecule has 0 N–H and O–H groups in total. The lowest BCUT2D eigenvalue weighted by molar-refractivity contribution is 0.174. The Balaban J connectivity index is 1.86. The number of aromatic nitrogens is 1. The summed E-state index contributed by atoms with van der Waals surface area (Å²) in [5.41, 5.74) is 0.942. The largest absolute Gasteiger partial charge is 0.361 e. The number of likely N-dealkylation sites (tertiary alicyclic amines) is 1. The number of rotatable bonds is 7. The van der Waals surface area contributed by atoms with Crippen molar-refractivity contribution in [3.8, 4) is 0 Å². The van der Waals surface area contributed by atoms with Crippen LogP contribution in [0.2, 0.25) is 0 Å². The van der Waals surface area contributed by atoms with Crippen LogP contribution in [0.25, 0.3) is 0 Å². The van der Waals surface area contributed by atoms with Gasteiger partial charge in [0.05, 0.1) is 10.6 Å². The third-order valence-electron chi connectivity index (χ3n) is 5.35. The number of sulfone groups is 1. The molecule has 2 heterocycles. The average Bonchev–Trinajstić information content (AvgIpc) is 3.09. The summed E-state index contributed by atoms with van der Waals surface area (Å²) in [6.45, 7) is 7.69. The summed E-state index contributed by atoms with van der Waals surface area (Å²) in [6, 6.07) is 10.8. The summed E-state index contributed by atoms with van der Waals surface area (Å²) in [6.07, 6.45) is 3.53. The molecule has 27 heavy (non-hydrogen) atoms. The molecule has 1 aliphatic rings. The van der Waals surface area contributed by atoms with Crippen molar-refractivity contribution in [2.24, 2.45) is 5.92 Å². The minimum atomic E-state index is -3.41. The molecule has 148 valence electrons. The van der Waals surface area contributed by atoms with E-state index >= 15 is 0 Å². The minimum absolute atomic E-state index is 0.226. The van der Waals surface area contributed by atoms with Crippen LogP contribution in [-0.2, 0) is 9.84 Å². The van der Waals surface area contributed by atoms with Gasteiger partial charge in [-0.25, -0.2) is 8.42 Å². The van der Waals surface area contributed by atoms with Crippen LogP contribution in [0.4, 0.5) is 0 Å². The summed E-state index contributed by atoms with van der Waals surface area (Å²) < 4.78 is 32.1. The zero-order valence-electron chi connectivity index (χ0n) is 16.5. The van der Waals surface area contributed by atoms with Gasteiger partial charge in [0.1, 0.15) is 11.1 Å². The molecule has 0 spiro atoms. The molecule has 1 fully saturated rings. The predicted molar refractivity (Wildman–Crippen MR) is 106 cm³/mol. The molecule has 5 nitrogen and oxygen atoms in total. The van der Waals surface area contributed by atoms with Crippen molar-refractivity contribution >= 4 is 9.84 Å². The van der Waals surface area contributed by atoms with E-state index in [1.165, 1.54) is 0 Å². The number of aryl methyl sites for hydroxylation is 1. The molecule has 1 aromatic heterocycles. The van der Waals surface area contributed by atoms with E-state index in [-0.39, 0.29) is 5.92 Å². The molecule has 1 saturated heterocycles. The molecule has 0 radical (unpaired) electrons. The predicted octanol–water partition coefficient (Wildman–Crippen LogP) is 4.40. The maximum atomic E-state index is 13.4. The highest BCUT2D eigenvalue weighted by molar-refractivity contribution is 7.92. The Morgan fingerprint density at radius 2 is 1.96 bits per heavy atom. The molecule has 2 atom stereocenters. The maximum Gasteiger partial charge on any atom is 0.194 e. The lowest BCUT2D eigenvalue weighted by Crippen LogP contribution is -2.46. The second-order valence-electron chi connectivity index (χ2n) is 7.98. The maximum absolute atomic E-state index is 13.4. The first-order valence-corrected chi connectivity index (χ1v) is 11.4. The van der Waals surface area contributed by atoms with Crippen molar-refractivity contribution in [2.45, 2.75) is 62.6 Å². The molecule has 1 aromatic carbocycles. The molecular formula is C21H30N2O3S. The fourth-order valence-electron chi connectivity index (χ4n) is 3.86. The lowest BCUT2D eigenvalue weighted by atomic mass is 9.94. The van der Waals surface area contributed by atoms with E-state index in [4.69, 9.17) is 4.52 Å². The second-order valence-corrected chi connectivity index (χ2v) is 10.1. The molecular weight excluding hydrogens is 360 g/mol. The van der Waals surface area contributed by atoms with Crippen LogP contribution in [0, 0.1) is 12.8 Å². The number of hydrogen-bond donors (Lipinski definition) is 0. The Kier molecular flexibility index (Phi) is 6.37. The van der Waals surface area contributed by atoms with Crippen molar-refractivity contribution in [1.29, 1.82) is 0 Å². The van der Waals surface area contributed by atoms with Gasteiger partial charge in [0.2, 0.25) is 0 Å². The summed E-state index contributed by atoms with van der Waals surface area (Å²) in [4.78, 5) is 2.57. The van der Waals surface area contributed by atoms with Gasteiger partial charge in [-0.15, -0.1) is 0 Å². The zero-order chi connectivity index (χ0) is 19.4. The van der Waals surface area contributed by atoms with Gasteiger partial charge < -0.3 is 4.52 Å². The smallest absolute Gasteiger partial charge is 0.194 e. The number of piperidine rings is 1. The van der Waals surface area contributed by atoms with Crippen molar-refractivity contribution in [3.63, 3.8) is 0 Å². The minimum Gasteiger partial charge on any atom is -0.361 e. The fraction of sp³-hybridized carbons (Fsp3) is 0.571. The Morgan fingerprint density at radius 3 is 2.59 bits per heavy atom. The third kappa shape index (κ3) is 4.79. The van der Waals surface area contributed by atoms with Gasteiger partial charge >= 0.3 is 0 Å². The monoisotopic (exact) mass is 390 g/mol. The van der Waals surface area contributed by atoms with Gasteiger partial charge in [0.25, 0.3) is 0 Å². The Morgan fingerprint density at radius 1 is 1.22 bits per heavy atom. The van der Waals surface area contributed by atoms with Crippen molar-refractivity contribution in [2.75, 3.05) is 13.1 Å². The topological polar surface area (TPSA) is 63.4 Å². The highest BCUT2D eigenvalue weighted by Gasteiger charge is 2.36. The van der Waals surface area contributed by atoms with Crippen LogP contribution in [0.1, 0.15) is 56.9 Å². The van der Waals surface area contributed by atoms with Gasteiger partial charge in [-0.05, 0) is 57.2 Å². The molecule has 3 rings (SSSR count). The lowest BCUT2D eigenvalue weighted by Gasteiger charge is -2.37. The van der Waals surface area contributed by atoms with Gasteiger partial charge in [-0.2, -0.15) is 0 Å². The first-order chi connectivity index (χ1) is 12.9. The second kappa shape index (κ2) is 8.57. The Bertz CT molecular complexity index is 830. The first kappa shape index (κ1) is 20.1. The molecule has 0 amide bonds. The van der Waals surface area contributed by atoms with Crippen molar-refractivity contribution < 1.29 is 12.9 Å². The van der Waals surface area contributed by atoms with Crippen molar-refractivity contribution in [3.05, 3.63) is 47.9 Å². The number of benzene rings is 1. The Hall–Kier alpha value is -1.66. The van der Waals surface area contributed by atoms with Crippen LogP contribution in [0.15, 0.2) is 45.8 Å². The van der Waals surface area contributed by atoms with E-state index in [0.717, 1.165) is 37.3 Å². The van der Waals surface area contributed by atoms with Crippen LogP contribution < -0.4 is 0 Å². The van der Waals surface area contributed by atoms with E-state index in [1.807, 2.05) is 19.1 Å². The van der Waals surface area contributed by atoms with Crippen molar-refractivity contribution in [1.82, 2.24) is 10.1 Å². The number of nitrogens with zero attached hydrogens (tertiary/aromatic N) is 2. The zero-order valence-corrected chi connectivity index (χ0v) is 17.3. The van der Waals surface area contributed by atoms with E-state index in [1.54, 1.807) is 24.3 Å². The van der Waals surface area contributed by atoms with E-state index < -0.39 is 15.2 Å². The van der Waals surface area contributed by atoms with Gasteiger partial charge in [0.15, 0.2) is 9.84 Å². The van der Waals surface area contributed by atoms with Gasteiger partial charge in [0, 0.05) is 18.5 Å². The average molecular weight is 391 g/mol. The summed E-state index contributed by atoms with van der Waals surface area (Å²) >= 11 is 0. The number of hydrogen-bond acceptors (Lipinski definition) is 5. The normalized spacial score (nSPS) is 20.1. The van der Waals surface area contributed by atoms with Crippen LogP contribution in [0.5, 0.6) is 0 Å². The molecule has 0 bridgehead atoms. The van der Waals surface area contributed by atoms with Gasteiger partial charge in [-0.3, -0.25) is 4.90 Å². The van der Waals surface area contributed by atoms with Gasteiger partial charge in [-0.1, -0.05) is 37.2 Å². The SMILES string of the molecule is Cc1cc(C2CCCN(C(CCC(C)C)S(=O)(=O)c3ccccc3)C2)no1. The standard InChI is InChI=1S/C21H30N2O3S/c1-16(2)11-12-21(27(24,25)19-9-5-4-6-10-19)23-13-7-8-18(15-23)20-14-17(3)26-22-20/h4-6,9-10,14,16,18,21H,7-8,11-13,15H2,1-3H3. The van der Waals surface area contributed by atoms with E-state index in [2.05, 4.69) is 23.9 Å². The summed E-state index contributed by atoms with van der Waals surface area (Å²) in [7, 11) is -3.41. The van der Waals surface area contributed by atoms with Crippen LogP contribution >= 0.6 is 0 Å². The molecule has 0 saturated carbocycles. The summed E-state index contributed by atoms with van der Waals surface area (Å²) in [5.74, 6) is 1.50. The van der Waals surface area contributed by atoms with Crippen LogP contribution in [0.3, 0.4) is 0 Å². The van der Waals surface area contributed by atoms with Crippen LogP contribution in [-0.4, -0.2) is 36.9 Å². The first-order valence-electron chi connectivity index (χ1n) is 9.84. The quantitative estimate of drug-likeness (QED) is 0.701. The molecule has 1 aliphatic heterocycles. The van der Waals surface area contributed by atoms with E-state index in [0.29, 0.717) is 23.8 Å².